The summed E-state index contributed by atoms with van der Waals surface area (Å²) in [5, 5.41) is 11.8. The van der Waals surface area contributed by atoms with E-state index < -0.39 is 5.60 Å². The fourth-order valence-corrected chi connectivity index (χ4v) is 5.11. The number of allylic oxidation sites excluding steroid dienone is 2. The highest BCUT2D eigenvalue weighted by Gasteiger charge is 2.48. The minimum atomic E-state index is -0.664. The fraction of sp³-hybridized carbons (Fsp3) is 0.619. The van der Waals surface area contributed by atoms with Crippen LogP contribution in [0.2, 0.25) is 0 Å². The van der Waals surface area contributed by atoms with Crippen molar-refractivity contribution in [2.24, 2.45) is 17.8 Å². The molecule has 23 heavy (non-hydrogen) atoms. The van der Waals surface area contributed by atoms with Crippen LogP contribution in [0.15, 0.2) is 42.5 Å². The van der Waals surface area contributed by atoms with Gasteiger partial charge in [0.05, 0.1) is 5.60 Å². The number of hydrogen-bond donors (Lipinski definition) is 1. The molecule has 124 valence electrons. The number of benzene rings is 1. The van der Waals surface area contributed by atoms with E-state index in [4.69, 9.17) is 0 Å². The zero-order valence-electron chi connectivity index (χ0n) is 14.0. The first kappa shape index (κ1) is 15.4. The standard InChI is InChI=1S/C21H29NO/c23-21(19-7-3-1-4-8-19,11-14-22-12-5-2-6-13-22)20-16-17-9-10-18(20)15-17/h1,3-4,7-10,17-18,20,23H,2,5-6,11-16H2/t17?,18-,20+,21-/m1/s1. The second-order valence-electron chi connectivity index (χ2n) is 7.83. The van der Waals surface area contributed by atoms with E-state index in [1.165, 1.54) is 38.8 Å². The lowest BCUT2D eigenvalue weighted by molar-refractivity contribution is -0.0495. The molecule has 2 bridgehead atoms. The monoisotopic (exact) mass is 311 g/mol. The van der Waals surface area contributed by atoms with Crippen LogP contribution in [0.5, 0.6) is 0 Å². The highest BCUT2D eigenvalue weighted by molar-refractivity contribution is 5.27. The van der Waals surface area contributed by atoms with Crippen LogP contribution in [0, 0.1) is 17.8 Å². The number of likely N-dealkylation sites (tertiary alicyclic amines) is 1. The second-order valence-corrected chi connectivity index (χ2v) is 7.83. The number of fused-ring (bicyclic) bond motifs is 2. The van der Waals surface area contributed by atoms with Crippen LogP contribution in [0.25, 0.3) is 0 Å². The predicted octanol–water partition coefficient (Wildman–Crippen LogP) is 3.96. The van der Waals surface area contributed by atoms with Gasteiger partial charge in [-0.2, -0.15) is 0 Å². The van der Waals surface area contributed by atoms with Crippen molar-refractivity contribution >= 4 is 0 Å². The molecule has 1 N–H and O–H groups in total. The number of nitrogens with zero attached hydrogens (tertiary/aromatic N) is 1. The van der Waals surface area contributed by atoms with Gasteiger partial charge in [0.25, 0.3) is 0 Å². The molecule has 1 aromatic rings. The van der Waals surface area contributed by atoms with Gasteiger partial charge in [-0.15, -0.1) is 0 Å². The van der Waals surface area contributed by atoms with Crippen LogP contribution in [-0.4, -0.2) is 29.6 Å². The summed E-state index contributed by atoms with van der Waals surface area (Å²) >= 11 is 0. The van der Waals surface area contributed by atoms with Crippen LogP contribution in [0.3, 0.4) is 0 Å². The fourth-order valence-electron chi connectivity index (χ4n) is 5.11. The van der Waals surface area contributed by atoms with Gasteiger partial charge in [0.1, 0.15) is 0 Å². The van der Waals surface area contributed by atoms with E-state index in [0.29, 0.717) is 17.8 Å². The Labute approximate surface area is 140 Å². The third-order valence-corrected chi connectivity index (χ3v) is 6.42. The lowest BCUT2D eigenvalue weighted by atomic mass is 9.72. The van der Waals surface area contributed by atoms with Crippen molar-refractivity contribution in [2.45, 2.75) is 44.1 Å². The molecule has 4 atom stereocenters. The molecule has 1 aliphatic heterocycles. The van der Waals surface area contributed by atoms with Crippen molar-refractivity contribution in [2.75, 3.05) is 19.6 Å². The van der Waals surface area contributed by atoms with Crippen LogP contribution in [0.1, 0.15) is 44.1 Å². The van der Waals surface area contributed by atoms with Crippen molar-refractivity contribution in [1.29, 1.82) is 0 Å². The summed E-state index contributed by atoms with van der Waals surface area (Å²) in [6.07, 6.45) is 12.0. The van der Waals surface area contributed by atoms with E-state index in [-0.39, 0.29) is 0 Å². The van der Waals surface area contributed by atoms with E-state index >= 15 is 0 Å². The molecule has 0 spiro atoms. The summed E-state index contributed by atoms with van der Waals surface area (Å²) in [5.41, 5.74) is 0.464. The molecule has 1 saturated heterocycles. The van der Waals surface area contributed by atoms with Crippen LogP contribution < -0.4 is 0 Å². The molecule has 1 unspecified atom stereocenters. The van der Waals surface area contributed by atoms with Gasteiger partial charge in [-0.1, -0.05) is 48.9 Å². The zero-order valence-corrected chi connectivity index (χ0v) is 14.0. The lowest BCUT2D eigenvalue weighted by Crippen LogP contribution is -2.42. The summed E-state index contributed by atoms with van der Waals surface area (Å²) in [6.45, 7) is 3.45. The first-order valence-electron chi connectivity index (χ1n) is 9.44. The molecular weight excluding hydrogens is 282 g/mol. The van der Waals surface area contributed by atoms with Gasteiger partial charge in [0, 0.05) is 6.54 Å². The van der Waals surface area contributed by atoms with Crippen LogP contribution >= 0.6 is 0 Å². The van der Waals surface area contributed by atoms with E-state index in [1.807, 2.05) is 0 Å². The van der Waals surface area contributed by atoms with Gasteiger partial charge in [0.15, 0.2) is 0 Å². The zero-order chi connectivity index (χ0) is 15.7. The maximum absolute atomic E-state index is 11.8. The molecule has 0 amide bonds. The number of piperidine rings is 1. The van der Waals surface area contributed by atoms with E-state index in [0.717, 1.165) is 24.9 Å². The molecule has 3 aliphatic rings. The number of rotatable bonds is 5. The minimum absolute atomic E-state index is 0.393. The molecule has 2 nitrogen and oxygen atoms in total. The van der Waals surface area contributed by atoms with Crippen molar-refractivity contribution in [3.63, 3.8) is 0 Å². The topological polar surface area (TPSA) is 23.5 Å². The first-order chi connectivity index (χ1) is 11.3. The summed E-state index contributed by atoms with van der Waals surface area (Å²) in [6, 6.07) is 10.5. The third kappa shape index (κ3) is 2.99. The Morgan fingerprint density at radius 1 is 1.00 bits per heavy atom. The normalized spacial score (nSPS) is 33.0. The first-order valence-corrected chi connectivity index (χ1v) is 9.44. The summed E-state index contributed by atoms with van der Waals surface area (Å²) < 4.78 is 0. The average Bonchev–Trinajstić information content (AvgIpc) is 3.25. The molecule has 4 rings (SSSR count). The third-order valence-electron chi connectivity index (χ3n) is 6.42. The molecular formula is C21H29NO. The summed E-state index contributed by atoms with van der Waals surface area (Å²) in [7, 11) is 0. The van der Waals surface area contributed by atoms with Crippen molar-refractivity contribution < 1.29 is 5.11 Å². The van der Waals surface area contributed by atoms with Gasteiger partial charge < -0.3 is 10.0 Å². The van der Waals surface area contributed by atoms with Crippen molar-refractivity contribution in [3.8, 4) is 0 Å². The molecule has 0 aromatic heterocycles. The van der Waals surface area contributed by atoms with E-state index in [1.54, 1.807) is 0 Å². The molecule has 0 radical (unpaired) electrons. The van der Waals surface area contributed by atoms with E-state index in [9.17, 15) is 5.11 Å². The lowest BCUT2D eigenvalue weighted by Gasteiger charge is -2.40. The van der Waals surface area contributed by atoms with Crippen LogP contribution in [-0.2, 0) is 5.60 Å². The molecule has 1 heterocycles. The van der Waals surface area contributed by atoms with Gasteiger partial charge in [-0.3, -0.25) is 0 Å². The molecule has 1 saturated carbocycles. The van der Waals surface area contributed by atoms with E-state index in [2.05, 4.69) is 47.4 Å². The van der Waals surface area contributed by atoms with Crippen molar-refractivity contribution in [1.82, 2.24) is 4.90 Å². The Bertz CT molecular complexity index is 548. The van der Waals surface area contributed by atoms with Gasteiger partial charge in [0.2, 0.25) is 0 Å². The minimum Gasteiger partial charge on any atom is -0.385 e. The Hall–Kier alpha value is -1.12. The van der Waals surface area contributed by atoms with Gasteiger partial charge >= 0.3 is 0 Å². The summed E-state index contributed by atoms with van der Waals surface area (Å²) in [4.78, 5) is 2.56. The van der Waals surface area contributed by atoms with Gasteiger partial charge in [-0.05, 0) is 68.5 Å². The van der Waals surface area contributed by atoms with Crippen molar-refractivity contribution in [3.05, 3.63) is 48.0 Å². The maximum Gasteiger partial charge on any atom is 0.0942 e. The Morgan fingerprint density at radius 2 is 1.78 bits per heavy atom. The highest BCUT2D eigenvalue weighted by atomic mass is 16.3. The number of hydrogen-bond acceptors (Lipinski definition) is 2. The Kier molecular flexibility index (Phi) is 4.29. The molecule has 2 fully saturated rings. The maximum atomic E-state index is 11.8. The number of aliphatic hydroxyl groups is 1. The van der Waals surface area contributed by atoms with Gasteiger partial charge in [-0.25, -0.2) is 0 Å². The second kappa shape index (κ2) is 6.41. The summed E-state index contributed by atoms with van der Waals surface area (Å²) in [5.74, 6) is 1.67. The molecule has 2 aliphatic carbocycles. The largest absolute Gasteiger partial charge is 0.385 e. The smallest absolute Gasteiger partial charge is 0.0942 e. The quantitative estimate of drug-likeness (QED) is 0.832. The molecule has 1 aromatic carbocycles. The highest BCUT2D eigenvalue weighted by Crippen LogP contribution is 2.52. The Balaban J connectivity index is 1.55. The predicted molar refractivity (Wildman–Crippen MR) is 94.1 cm³/mol. The average molecular weight is 311 g/mol. The van der Waals surface area contributed by atoms with Crippen LogP contribution in [0.4, 0.5) is 0 Å². The molecule has 2 heteroatoms. The SMILES string of the molecule is O[C@](CCN1CCCCC1)(c1ccccc1)[C@H]1CC2C=C[C@@H]1C2. The Morgan fingerprint density at radius 3 is 2.43 bits per heavy atom.